The highest BCUT2D eigenvalue weighted by Crippen LogP contribution is 2.29. The van der Waals surface area contributed by atoms with Crippen LogP contribution in [0.4, 0.5) is 0 Å². The van der Waals surface area contributed by atoms with Crippen molar-refractivity contribution in [3.8, 4) is 11.5 Å². The lowest BCUT2D eigenvalue weighted by molar-refractivity contribution is -0.161. The van der Waals surface area contributed by atoms with Gasteiger partial charge in [0.15, 0.2) is 17.6 Å². The van der Waals surface area contributed by atoms with Crippen LogP contribution in [-0.2, 0) is 20.9 Å². The molecule has 33 heavy (non-hydrogen) atoms. The molecular weight excluding hydrogens is 426 g/mol. The van der Waals surface area contributed by atoms with Crippen LogP contribution in [0.5, 0.6) is 11.5 Å². The van der Waals surface area contributed by atoms with Gasteiger partial charge < -0.3 is 19.1 Å². The van der Waals surface area contributed by atoms with E-state index in [1.807, 2.05) is 4.90 Å². The van der Waals surface area contributed by atoms with Gasteiger partial charge in [0.1, 0.15) is 0 Å². The molecule has 1 aliphatic heterocycles. The van der Waals surface area contributed by atoms with Crippen LogP contribution in [-0.4, -0.2) is 59.2 Å². The molecule has 180 valence electrons. The molecule has 1 aromatic heterocycles. The molecular formula is C24H33N3O6. The monoisotopic (exact) mass is 459 g/mol. The summed E-state index contributed by atoms with van der Waals surface area (Å²) in [6.45, 7) is 4.72. The van der Waals surface area contributed by atoms with Crippen molar-refractivity contribution in [1.82, 2.24) is 14.5 Å². The third kappa shape index (κ3) is 5.64. The molecule has 1 aliphatic rings. The van der Waals surface area contributed by atoms with E-state index in [9.17, 15) is 14.4 Å². The number of likely N-dealkylation sites (tertiary alicyclic amines) is 1. The molecule has 2 atom stereocenters. The minimum atomic E-state index is -0.808. The summed E-state index contributed by atoms with van der Waals surface area (Å²) >= 11 is 0. The number of rotatable bonds is 9. The molecule has 1 amide bonds. The molecule has 0 bridgehead atoms. The van der Waals surface area contributed by atoms with Crippen LogP contribution >= 0.6 is 0 Å². The number of piperidine rings is 1. The molecule has 1 saturated heterocycles. The molecule has 0 radical (unpaired) electrons. The molecule has 2 aromatic rings. The first-order valence-electron chi connectivity index (χ1n) is 11.5. The molecule has 0 N–H and O–H groups in total. The first kappa shape index (κ1) is 24.5. The van der Waals surface area contributed by atoms with Crippen LogP contribution < -0.4 is 15.0 Å². The van der Waals surface area contributed by atoms with Crippen molar-refractivity contribution >= 4 is 22.8 Å². The average Bonchev–Trinajstić information content (AvgIpc) is 2.84. The SMILES string of the molecule is CCC1CCCCN1C(=O)C(C)OC(=O)CCCn1cnc2cc(OC)c(OC)cc2c1=O. The largest absolute Gasteiger partial charge is 0.493 e. The Bertz CT molecular complexity index is 1050. The van der Waals surface area contributed by atoms with Gasteiger partial charge >= 0.3 is 5.97 Å². The van der Waals surface area contributed by atoms with Gasteiger partial charge in [0.2, 0.25) is 0 Å². The van der Waals surface area contributed by atoms with Crippen LogP contribution in [0.2, 0.25) is 0 Å². The number of carbonyl (C=O) groups is 2. The molecule has 1 fully saturated rings. The highest BCUT2D eigenvalue weighted by molar-refractivity contribution is 5.84. The number of aryl methyl sites for hydroxylation is 1. The number of fused-ring (bicyclic) bond motifs is 1. The van der Waals surface area contributed by atoms with Gasteiger partial charge in [0.25, 0.3) is 11.5 Å². The number of esters is 1. The Morgan fingerprint density at radius 2 is 1.91 bits per heavy atom. The maximum Gasteiger partial charge on any atom is 0.306 e. The zero-order valence-corrected chi connectivity index (χ0v) is 19.8. The standard InChI is InChI=1S/C24H33N3O6/c1-5-17-9-6-7-12-27(17)23(29)16(2)33-22(28)10-8-11-26-15-25-19-14-21(32-4)20(31-3)13-18(19)24(26)30/h13-17H,5-12H2,1-4H3. The Balaban J connectivity index is 1.57. The maximum atomic E-state index is 12.8. The van der Waals surface area contributed by atoms with Gasteiger partial charge in [0, 0.05) is 31.6 Å². The van der Waals surface area contributed by atoms with Gasteiger partial charge in [-0.15, -0.1) is 0 Å². The van der Waals surface area contributed by atoms with Crippen molar-refractivity contribution in [1.29, 1.82) is 0 Å². The topological polar surface area (TPSA) is 100.0 Å². The Labute approximate surface area is 193 Å². The van der Waals surface area contributed by atoms with E-state index < -0.39 is 12.1 Å². The summed E-state index contributed by atoms with van der Waals surface area (Å²) in [7, 11) is 3.02. The van der Waals surface area contributed by atoms with Crippen LogP contribution in [0.1, 0.15) is 52.4 Å². The summed E-state index contributed by atoms with van der Waals surface area (Å²) in [5, 5.41) is 0.406. The van der Waals surface area contributed by atoms with Crippen LogP contribution in [0.3, 0.4) is 0 Å². The minimum Gasteiger partial charge on any atom is -0.493 e. The van der Waals surface area contributed by atoms with Crippen molar-refractivity contribution in [2.75, 3.05) is 20.8 Å². The van der Waals surface area contributed by atoms with Crippen LogP contribution in [0.25, 0.3) is 10.9 Å². The number of hydrogen-bond donors (Lipinski definition) is 0. The Morgan fingerprint density at radius 3 is 2.61 bits per heavy atom. The van der Waals surface area contributed by atoms with Gasteiger partial charge in [-0.3, -0.25) is 19.0 Å². The Kier molecular flexibility index (Phi) is 8.30. The summed E-state index contributed by atoms with van der Waals surface area (Å²) in [5.74, 6) is 0.363. The van der Waals surface area contributed by atoms with E-state index >= 15 is 0 Å². The fraction of sp³-hybridized carbons (Fsp3) is 0.583. The molecule has 9 heteroatoms. The fourth-order valence-electron chi connectivity index (χ4n) is 4.29. The second-order valence-corrected chi connectivity index (χ2v) is 8.29. The van der Waals surface area contributed by atoms with E-state index in [0.717, 1.165) is 25.7 Å². The third-order valence-corrected chi connectivity index (χ3v) is 6.15. The van der Waals surface area contributed by atoms with Crippen LogP contribution in [0.15, 0.2) is 23.3 Å². The highest BCUT2D eigenvalue weighted by atomic mass is 16.5. The number of nitrogens with zero attached hydrogens (tertiary/aromatic N) is 3. The zero-order valence-electron chi connectivity index (χ0n) is 19.8. The summed E-state index contributed by atoms with van der Waals surface area (Å²) in [4.78, 5) is 44.1. The van der Waals surface area contributed by atoms with Crippen molar-refractivity contribution in [2.24, 2.45) is 0 Å². The average molecular weight is 460 g/mol. The Hall–Kier alpha value is -3.10. The van der Waals surface area contributed by atoms with E-state index in [4.69, 9.17) is 14.2 Å². The van der Waals surface area contributed by atoms with Crippen molar-refractivity contribution in [3.63, 3.8) is 0 Å². The fourth-order valence-corrected chi connectivity index (χ4v) is 4.29. The molecule has 2 unspecified atom stereocenters. The molecule has 0 saturated carbocycles. The third-order valence-electron chi connectivity index (χ3n) is 6.15. The molecule has 2 heterocycles. The second kappa shape index (κ2) is 11.2. The first-order valence-corrected chi connectivity index (χ1v) is 11.5. The van der Waals surface area contributed by atoms with Gasteiger partial charge in [-0.25, -0.2) is 4.98 Å². The van der Waals surface area contributed by atoms with E-state index in [1.165, 1.54) is 25.1 Å². The summed E-state index contributed by atoms with van der Waals surface area (Å²) < 4.78 is 17.4. The number of methoxy groups -OCH3 is 2. The van der Waals surface area contributed by atoms with E-state index in [1.54, 1.807) is 19.1 Å². The van der Waals surface area contributed by atoms with E-state index in [-0.39, 0.29) is 23.9 Å². The lowest BCUT2D eigenvalue weighted by Gasteiger charge is -2.36. The predicted octanol–water partition coefficient (Wildman–Crippen LogP) is 2.92. The molecule has 3 rings (SSSR count). The van der Waals surface area contributed by atoms with Gasteiger partial charge in [-0.05, 0) is 45.1 Å². The molecule has 9 nitrogen and oxygen atoms in total. The van der Waals surface area contributed by atoms with Crippen molar-refractivity contribution < 1.29 is 23.8 Å². The summed E-state index contributed by atoms with van der Waals surface area (Å²) in [5.41, 5.74) is 0.275. The number of ether oxygens (including phenoxy) is 3. The van der Waals surface area contributed by atoms with Crippen molar-refractivity contribution in [3.05, 3.63) is 28.8 Å². The molecule has 0 aliphatic carbocycles. The van der Waals surface area contributed by atoms with E-state index in [2.05, 4.69) is 11.9 Å². The zero-order chi connectivity index (χ0) is 24.0. The summed E-state index contributed by atoms with van der Waals surface area (Å²) in [6.07, 6.45) is 5.14. The van der Waals surface area contributed by atoms with Crippen molar-refractivity contribution in [2.45, 2.75) is 71.1 Å². The number of amides is 1. The number of benzene rings is 1. The quantitative estimate of drug-likeness (QED) is 0.532. The normalized spacial score (nSPS) is 17.0. The lowest BCUT2D eigenvalue weighted by Crippen LogP contribution is -2.48. The predicted molar refractivity (Wildman–Crippen MR) is 124 cm³/mol. The first-order chi connectivity index (χ1) is 15.9. The number of carbonyl (C=O) groups excluding carboxylic acids is 2. The molecule has 0 spiro atoms. The Morgan fingerprint density at radius 1 is 1.18 bits per heavy atom. The molecule has 1 aromatic carbocycles. The van der Waals surface area contributed by atoms with Gasteiger partial charge in [-0.2, -0.15) is 0 Å². The van der Waals surface area contributed by atoms with E-state index in [0.29, 0.717) is 41.9 Å². The smallest absolute Gasteiger partial charge is 0.306 e. The van der Waals surface area contributed by atoms with Crippen LogP contribution in [0, 0.1) is 0 Å². The number of aromatic nitrogens is 2. The second-order valence-electron chi connectivity index (χ2n) is 8.29. The highest BCUT2D eigenvalue weighted by Gasteiger charge is 2.30. The van der Waals surface area contributed by atoms with Gasteiger partial charge in [-0.1, -0.05) is 6.92 Å². The number of hydrogen-bond acceptors (Lipinski definition) is 7. The maximum absolute atomic E-state index is 12.8. The lowest BCUT2D eigenvalue weighted by atomic mass is 9.99. The summed E-state index contributed by atoms with van der Waals surface area (Å²) in [6, 6.07) is 3.48. The van der Waals surface area contributed by atoms with Gasteiger partial charge in [0.05, 0.1) is 31.4 Å². The minimum absolute atomic E-state index is 0.102.